The molecule has 1 aliphatic heterocycles. The highest BCUT2D eigenvalue weighted by atomic mass is 16.5. The van der Waals surface area contributed by atoms with E-state index in [4.69, 9.17) is 15.3 Å². The van der Waals surface area contributed by atoms with Gasteiger partial charge in [0.25, 0.3) is 0 Å². The largest absolute Gasteiger partial charge is 0.480 e. The third kappa shape index (κ3) is 1.11. The number of aliphatic hydroxyl groups is 2. The van der Waals surface area contributed by atoms with E-state index in [0.29, 0.717) is 6.54 Å². The molecule has 1 heterocycles. The number of hydrogen-bond donors (Lipinski definition) is 4. The highest BCUT2D eigenvalue weighted by molar-refractivity contribution is 5.75. The second kappa shape index (κ2) is 2.19. The summed E-state index contributed by atoms with van der Waals surface area (Å²) in [5.41, 5.74) is 0. The average Bonchev–Trinajstić information content (AvgIpc) is 2.08. The van der Waals surface area contributed by atoms with Crippen LogP contribution in [-0.2, 0) is 4.79 Å². The zero-order valence-electron chi connectivity index (χ0n) is 5.24. The second-order valence-electron chi connectivity index (χ2n) is 2.35. The molecule has 4 N–H and O–H groups in total. The topological polar surface area (TPSA) is 89.8 Å². The molecule has 5 nitrogen and oxygen atoms in total. The Morgan fingerprint density at radius 3 is 2.40 bits per heavy atom. The third-order valence-electron chi connectivity index (χ3n) is 1.55. The van der Waals surface area contributed by atoms with Crippen LogP contribution in [0.25, 0.3) is 0 Å². The highest BCUT2D eigenvalue weighted by Crippen LogP contribution is 2.17. The Labute approximate surface area is 57.3 Å². The SMILES string of the molecule is O=C(O)[C@H]1NCCC1(O)O. The van der Waals surface area contributed by atoms with E-state index >= 15 is 0 Å². The van der Waals surface area contributed by atoms with Gasteiger partial charge in [0.05, 0.1) is 0 Å². The maximum atomic E-state index is 10.2. The van der Waals surface area contributed by atoms with E-state index < -0.39 is 17.8 Å². The van der Waals surface area contributed by atoms with Gasteiger partial charge in [0.15, 0.2) is 11.8 Å². The molecule has 10 heavy (non-hydrogen) atoms. The maximum Gasteiger partial charge on any atom is 0.326 e. The predicted molar refractivity (Wildman–Crippen MR) is 31.2 cm³/mol. The lowest BCUT2D eigenvalue weighted by atomic mass is 10.1. The molecule has 5 heteroatoms. The van der Waals surface area contributed by atoms with Gasteiger partial charge >= 0.3 is 5.97 Å². The van der Waals surface area contributed by atoms with Gasteiger partial charge in [-0.2, -0.15) is 0 Å². The second-order valence-corrected chi connectivity index (χ2v) is 2.35. The van der Waals surface area contributed by atoms with E-state index in [1.807, 2.05) is 0 Å². The van der Waals surface area contributed by atoms with Crippen molar-refractivity contribution < 1.29 is 20.1 Å². The molecule has 1 rings (SSSR count). The lowest BCUT2D eigenvalue weighted by Gasteiger charge is -2.18. The molecule has 0 radical (unpaired) electrons. The van der Waals surface area contributed by atoms with Crippen molar-refractivity contribution in [2.24, 2.45) is 0 Å². The van der Waals surface area contributed by atoms with Gasteiger partial charge in [0.1, 0.15) is 0 Å². The van der Waals surface area contributed by atoms with Gasteiger partial charge in [-0.05, 0) is 0 Å². The first-order valence-electron chi connectivity index (χ1n) is 2.95. The number of carbonyl (C=O) groups is 1. The number of carboxylic acids is 1. The minimum Gasteiger partial charge on any atom is -0.480 e. The Hall–Kier alpha value is -0.650. The van der Waals surface area contributed by atoms with Crippen molar-refractivity contribution >= 4 is 5.97 Å². The van der Waals surface area contributed by atoms with E-state index in [9.17, 15) is 4.79 Å². The van der Waals surface area contributed by atoms with E-state index in [2.05, 4.69) is 5.32 Å². The first-order chi connectivity index (χ1) is 4.54. The standard InChI is InChI=1S/C5H9NO4/c7-4(8)3-5(9,10)1-2-6-3/h3,6,9-10H,1-2H2,(H,7,8)/t3-/m1/s1. The van der Waals surface area contributed by atoms with Gasteiger partial charge < -0.3 is 15.3 Å². The minimum atomic E-state index is -2.08. The Bertz CT molecular complexity index is 156. The zero-order valence-corrected chi connectivity index (χ0v) is 5.24. The zero-order chi connectivity index (χ0) is 7.78. The van der Waals surface area contributed by atoms with Crippen LogP contribution >= 0.6 is 0 Å². The first kappa shape index (κ1) is 7.46. The van der Waals surface area contributed by atoms with Gasteiger partial charge in [-0.15, -0.1) is 0 Å². The molecule has 0 aromatic carbocycles. The third-order valence-corrected chi connectivity index (χ3v) is 1.55. The fraction of sp³-hybridized carbons (Fsp3) is 0.800. The molecular weight excluding hydrogens is 138 g/mol. The minimum absolute atomic E-state index is 0.0595. The number of aliphatic carboxylic acids is 1. The monoisotopic (exact) mass is 147 g/mol. The van der Waals surface area contributed by atoms with Crippen LogP contribution in [0, 0.1) is 0 Å². The van der Waals surface area contributed by atoms with Crippen molar-refractivity contribution in [2.75, 3.05) is 6.54 Å². The lowest BCUT2D eigenvalue weighted by Crippen LogP contribution is -2.48. The van der Waals surface area contributed by atoms with Crippen LogP contribution in [0.3, 0.4) is 0 Å². The summed E-state index contributed by atoms with van der Waals surface area (Å²) in [6, 6.07) is -1.24. The fourth-order valence-electron chi connectivity index (χ4n) is 0.993. The van der Waals surface area contributed by atoms with Crippen molar-refractivity contribution in [3.8, 4) is 0 Å². The van der Waals surface area contributed by atoms with E-state index in [1.54, 1.807) is 0 Å². The van der Waals surface area contributed by atoms with Crippen molar-refractivity contribution in [1.29, 1.82) is 0 Å². The summed E-state index contributed by atoms with van der Waals surface area (Å²) in [5.74, 6) is -3.31. The van der Waals surface area contributed by atoms with Gasteiger partial charge in [0, 0.05) is 13.0 Å². The molecule has 0 spiro atoms. The van der Waals surface area contributed by atoms with E-state index in [1.165, 1.54) is 0 Å². The summed E-state index contributed by atoms with van der Waals surface area (Å²) in [6.45, 7) is 0.323. The predicted octanol–water partition coefficient (Wildman–Crippen LogP) is -1.89. The van der Waals surface area contributed by atoms with Gasteiger partial charge in [-0.1, -0.05) is 0 Å². The molecule has 0 aromatic rings. The highest BCUT2D eigenvalue weighted by Gasteiger charge is 2.43. The van der Waals surface area contributed by atoms with Crippen molar-refractivity contribution in [2.45, 2.75) is 18.2 Å². The van der Waals surface area contributed by atoms with Crippen LogP contribution in [-0.4, -0.2) is 39.7 Å². The van der Waals surface area contributed by atoms with E-state index in [0.717, 1.165) is 0 Å². The Morgan fingerprint density at radius 1 is 1.60 bits per heavy atom. The molecule has 0 aromatic heterocycles. The molecule has 0 aliphatic carbocycles. The smallest absolute Gasteiger partial charge is 0.326 e. The average molecular weight is 147 g/mol. The van der Waals surface area contributed by atoms with Crippen molar-refractivity contribution in [1.82, 2.24) is 5.32 Å². The van der Waals surface area contributed by atoms with Gasteiger partial charge in [-0.3, -0.25) is 10.1 Å². The number of rotatable bonds is 1. The molecule has 1 fully saturated rings. The molecular formula is C5H9NO4. The van der Waals surface area contributed by atoms with E-state index in [-0.39, 0.29) is 6.42 Å². The van der Waals surface area contributed by atoms with Crippen molar-refractivity contribution in [3.63, 3.8) is 0 Å². The van der Waals surface area contributed by atoms with Gasteiger partial charge in [-0.25, -0.2) is 0 Å². The van der Waals surface area contributed by atoms with Crippen LogP contribution in [0.2, 0.25) is 0 Å². The first-order valence-corrected chi connectivity index (χ1v) is 2.95. The van der Waals surface area contributed by atoms with Crippen LogP contribution in [0.15, 0.2) is 0 Å². The fourth-order valence-corrected chi connectivity index (χ4v) is 0.993. The number of nitrogens with one attached hydrogen (secondary N) is 1. The molecule has 1 saturated heterocycles. The summed E-state index contributed by atoms with van der Waals surface area (Å²) in [5, 5.41) is 28.7. The molecule has 0 bridgehead atoms. The Kier molecular flexibility index (Phi) is 1.63. The Balaban J connectivity index is 2.68. The summed E-state index contributed by atoms with van der Waals surface area (Å²) in [4.78, 5) is 10.2. The summed E-state index contributed by atoms with van der Waals surface area (Å²) in [7, 11) is 0. The molecule has 1 atom stereocenters. The molecule has 0 saturated carbocycles. The number of carboxylic acid groups (broad SMARTS) is 1. The van der Waals surface area contributed by atoms with Crippen molar-refractivity contribution in [3.05, 3.63) is 0 Å². The number of hydrogen-bond acceptors (Lipinski definition) is 4. The molecule has 1 aliphatic rings. The quantitative estimate of drug-likeness (QED) is 0.326. The maximum absolute atomic E-state index is 10.2. The molecule has 0 amide bonds. The van der Waals surface area contributed by atoms with Gasteiger partial charge in [0.2, 0.25) is 0 Å². The normalized spacial score (nSPS) is 30.4. The van der Waals surface area contributed by atoms with Crippen LogP contribution < -0.4 is 5.32 Å². The summed E-state index contributed by atoms with van der Waals surface area (Å²) < 4.78 is 0. The van der Waals surface area contributed by atoms with Crippen LogP contribution in [0.5, 0.6) is 0 Å². The summed E-state index contributed by atoms with van der Waals surface area (Å²) >= 11 is 0. The van der Waals surface area contributed by atoms with Crippen LogP contribution in [0.1, 0.15) is 6.42 Å². The Morgan fingerprint density at radius 2 is 2.20 bits per heavy atom. The van der Waals surface area contributed by atoms with Crippen LogP contribution in [0.4, 0.5) is 0 Å². The summed E-state index contributed by atoms with van der Waals surface area (Å²) in [6.07, 6.45) is 0.0595. The molecule has 58 valence electrons. The lowest BCUT2D eigenvalue weighted by molar-refractivity contribution is -0.182. The molecule has 0 unspecified atom stereocenters.